The number of nitriles is 1. The molecule has 2 aromatic carbocycles. The minimum absolute atomic E-state index is 0.0924. The Bertz CT molecular complexity index is 1140. The first kappa shape index (κ1) is 16.4. The summed E-state index contributed by atoms with van der Waals surface area (Å²) in [5.41, 5.74) is 4.40. The third-order valence-corrected chi connectivity index (χ3v) is 5.10. The Hall–Kier alpha value is -3.79. The minimum atomic E-state index is -0.736. The number of rotatable bonds is 2. The first-order valence-electron chi connectivity index (χ1n) is 8.86. The minimum Gasteiger partial charge on any atom is -0.454 e. The van der Waals surface area contributed by atoms with E-state index in [2.05, 4.69) is 16.3 Å². The van der Waals surface area contributed by atoms with E-state index in [-0.39, 0.29) is 18.6 Å². The summed E-state index contributed by atoms with van der Waals surface area (Å²) in [4.78, 5) is 0. The molecule has 0 amide bonds. The number of hydrogen-bond donors (Lipinski definition) is 2. The van der Waals surface area contributed by atoms with Gasteiger partial charge in [-0.1, -0.05) is 29.8 Å². The zero-order valence-electron chi connectivity index (χ0n) is 15.0. The van der Waals surface area contributed by atoms with E-state index in [1.165, 1.54) is 0 Å². The average Bonchev–Trinajstić information content (AvgIpc) is 3.32. The summed E-state index contributed by atoms with van der Waals surface area (Å²) in [7, 11) is 0. The third kappa shape index (κ3) is 2.42. The van der Waals surface area contributed by atoms with E-state index in [9.17, 15) is 5.26 Å². The first-order chi connectivity index (χ1) is 13.7. The van der Waals surface area contributed by atoms with Crippen molar-refractivity contribution in [1.82, 2.24) is 10.2 Å². The lowest BCUT2D eigenvalue weighted by molar-refractivity contribution is 0.174. The van der Waals surface area contributed by atoms with Crippen LogP contribution in [0.4, 0.5) is 0 Å². The molecule has 2 N–H and O–H groups in total. The van der Waals surface area contributed by atoms with E-state index in [4.69, 9.17) is 19.6 Å². The molecule has 2 aliphatic heterocycles. The number of H-pyrrole nitrogens is 1. The highest BCUT2D eigenvalue weighted by molar-refractivity contribution is 5.86. The van der Waals surface area contributed by atoms with Gasteiger partial charge in [0, 0.05) is 11.5 Å². The number of ether oxygens (including phenoxy) is 3. The summed E-state index contributed by atoms with van der Waals surface area (Å²) in [6, 6.07) is 15.8. The van der Waals surface area contributed by atoms with E-state index in [0.717, 1.165) is 27.9 Å². The fourth-order valence-electron chi connectivity index (χ4n) is 3.81. The predicted octanol–water partition coefficient (Wildman–Crippen LogP) is 3.76. The van der Waals surface area contributed by atoms with Gasteiger partial charge < -0.3 is 14.2 Å². The standard InChI is InChI=1S/C21H16N4O3/c1-11-3-2-4-12(7-11)17-14(9-22)20(23)28-21-18(17)19(24-25-21)13-5-6-15-16(8-13)27-10-26-15/h2-8,14,17,23H,10H2,1H3,(H,24,25). The average molecular weight is 372 g/mol. The molecule has 0 fully saturated rings. The molecule has 2 unspecified atom stereocenters. The number of aryl methyl sites for hydroxylation is 1. The molecule has 0 spiro atoms. The van der Waals surface area contributed by atoms with E-state index < -0.39 is 5.92 Å². The molecule has 138 valence electrons. The van der Waals surface area contributed by atoms with Crippen LogP contribution in [0.2, 0.25) is 0 Å². The van der Waals surface area contributed by atoms with E-state index in [1.807, 2.05) is 49.4 Å². The highest BCUT2D eigenvalue weighted by Gasteiger charge is 2.41. The molecule has 0 bridgehead atoms. The molecule has 0 radical (unpaired) electrons. The van der Waals surface area contributed by atoms with Crippen molar-refractivity contribution in [3.63, 3.8) is 0 Å². The molecular weight excluding hydrogens is 356 g/mol. The molecule has 2 aliphatic rings. The maximum Gasteiger partial charge on any atom is 0.244 e. The van der Waals surface area contributed by atoms with Gasteiger partial charge in [-0.3, -0.25) is 10.5 Å². The van der Waals surface area contributed by atoms with E-state index in [0.29, 0.717) is 17.4 Å². The Labute approximate surface area is 161 Å². The summed E-state index contributed by atoms with van der Waals surface area (Å²) in [5, 5.41) is 25.3. The van der Waals surface area contributed by atoms with Crippen molar-refractivity contribution in [1.29, 1.82) is 10.7 Å². The van der Waals surface area contributed by atoms with Crippen molar-refractivity contribution in [2.24, 2.45) is 5.92 Å². The van der Waals surface area contributed by atoms with E-state index in [1.54, 1.807) is 0 Å². The number of fused-ring (bicyclic) bond motifs is 2. The van der Waals surface area contributed by atoms with Crippen LogP contribution < -0.4 is 14.2 Å². The topological polar surface area (TPSA) is 104 Å². The van der Waals surface area contributed by atoms with Crippen molar-refractivity contribution >= 4 is 5.90 Å². The largest absolute Gasteiger partial charge is 0.454 e. The molecule has 2 atom stereocenters. The van der Waals surface area contributed by atoms with E-state index >= 15 is 0 Å². The van der Waals surface area contributed by atoms with Crippen LogP contribution in [0.3, 0.4) is 0 Å². The van der Waals surface area contributed by atoms with Crippen LogP contribution in [-0.4, -0.2) is 22.9 Å². The van der Waals surface area contributed by atoms with Crippen molar-refractivity contribution in [2.75, 3.05) is 6.79 Å². The van der Waals surface area contributed by atoms with Gasteiger partial charge in [0.1, 0.15) is 5.92 Å². The van der Waals surface area contributed by atoms with Crippen LogP contribution in [-0.2, 0) is 0 Å². The van der Waals surface area contributed by atoms with Crippen molar-refractivity contribution in [2.45, 2.75) is 12.8 Å². The van der Waals surface area contributed by atoms with Crippen molar-refractivity contribution in [3.05, 3.63) is 59.2 Å². The molecule has 28 heavy (non-hydrogen) atoms. The SMILES string of the molecule is Cc1cccc(C2c3c(n[nH]c3-c3ccc4c(c3)OCO4)OC(=N)C2C#N)c1. The van der Waals surface area contributed by atoms with Gasteiger partial charge in [0.25, 0.3) is 0 Å². The molecule has 1 aromatic heterocycles. The summed E-state index contributed by atoms with van der Waals surface area (Å²) < 4.78 is 16.5. The van der Waals surface area contributed by atoms with Crippen molar-refractivity contribution in [3.8, 4) is 34.7 Å². The van der Waals surface area contributed by atoms with Crippen LogP contribution >= 0.6 is 0 Å². The summed E-state index contributed by atoms with van der Waals surface area (Å²) >= 11 is 0. The van der Waals surface area contributed by atoms with Crippen LogP contribution in [0.5, 0.6) is 17.4 Å². The fraction of sp³-hybridized carbons (Fsp3) is 0.190. The molecule has 0 saturated heterocycles. The Kier molecular flexibility index (Phi) is 3.59. The second kappa shape index (κ2) is 6.13. The second-order valence-electron chi connectivity index (χ2n) is 6.85. The van der Waals surface area contributed by atoms with Gasteiger partial charge in [-0.2, -0.15) is 5.26 Å². The first-order valence-corrected chi connectivity index (χ1v) is 8.86. The van der Waals surface area contributed by atoms with Crippen LogP contribution in [0.15, 0.2) is 42.5 Å². The number of aromatic nitrogens is 2. The van der Waals surface area contributed by atoms with Gasteiger partial charge in [-0.25, -0.2) is 0 Å². The highest BCUT2D eigenvalue weighted by atomic mass is 16.7. The van der Waals surface area contributed by atoms with Crippen molar-refractivity contribution < 1.29 is 14.2 Å². The molecule has 0 saturated carbocycles. The number of benzene rings is 2. The van der Waals surface area contributed by atoms with Crippen LogP contribution in [0.25, 0.3) is 11.3 Å². The third-order valence-electron chi connectivity index (χ3n) is 5.10. The lowest BCUT2D eigenvalue weighted by Crippen LogP contribution is -2.30. The van der Waals surface area contributed by atoms with Gasteiger partial charge in [0.05, 0.1) is 17.3 Å². The fourth-order valence-corrected chi connectivity index (χ4v) is 3.81. The molecule has 7 heteroatoms. The van der Waals surface area contributed by atoms with Gasteiger partial charge >= 0.3 is 0 Å². The lowest BCUT2D eigenvalue weighted by atomic mass is 9.78. The van der Waals surface area contributed by atoms with Crippen LogP contribution in [0.1, 0.15) is 22.6 Å². The molecule has 3 aromatic rings. The molecule has 5 rings (SSSR count). The van der Waals surface area contributed by atoms with Crippen LogP contribution in [0, 0.1) is 29.6 Å². The zero-order chi connectivity index (χ0) is 19.3. The maximum atomic E-state index is 9.78. The predicted molar refractivity (Wildman–Crippen MR) is 101 cm³/mol. The number of hydrogen-bond acceptors (Lipinski definition) is 6. The summed E-state index contributed by atoms with van der Waals surface area (Å²) in [5.74, 6) is 0.496. The van der Waals surface area contributed by atoms with Gasteiger partial charge in [0.15, 0.2) is 11.5 Å². The van der Waals surface area contributed by atoms with Gasteiger partial charge in [-0.05, 0) is 30.7 Å². The zero-order valence-corrected chi connectivity index (χ0v) is 15.0. The summed E-state index contributed by atoms with van der Waals surface area (Å²) in [6.07, 6.45) is 0. The Morgan fingerprint density at radius 3 is 2.86 bits per heavy atom. The molecule has 7 nitrogen and oxygen atoms in total. The Balaban J connectivity index is 1.70. The highest BCUT2D eigenvalue weighted by Crippen LogP contribution is 2.47. The maximum absolute atomic E-state index is 9.78. The normalized spacial score (nSPS) is 19.6. The monoisotopic (exact) mass is 372 g/mol. The van der Waals surface area contributed by atoms with Gasteiger partial charge in [0.2, 0.25) is 18.6 Å². The second-order valence-corrected chi connectivity index (χ2v) is 6.85. The quantitative estimate of drug-likeness (QED) is 0.713. The smallest absolute Gasteiger partial charge is 0.244 e. The summed E-state index contributed by atoms with van der Waals surface area (Å²) in [6.45, 7) is 2.20. The van der Waals surface area contributed by atoms with Gasteiger partial charge in [-0.15, -0.1) is 5.10 Å². The molecular formula is C21H16N4O3. The molecule has 0 aliphatic carbocycles. The molecule has 3 heterocycles. The number of aromatic amines is 1. The Morgan fingerprint density at radius 2 is 2.04 bits per heavy atom. The number of nitrogens with one attached hydrogen (secondary N) is 2. The lowest BCUT2D eigenvalue weighted by Gasteiger charge is -2.28. The Morgan fingerprint density at radius 1 is 1.18 bits per heavy atom. The number of nitrogens with zero attached hydrogens (tertiary/aromatic N) is 2.